The van der Waals surface area contributed by atoms with Gasteiger partial charge in [0, 0.05) is 11.6 Å². The number of nitrogens with one attached hydrogen (secondary N) is 1. The lowest BCUT2D eigenvalue weighted by molar-refractivity contribution is -0.130. The van der Waals surface area contributed by atoms with E-state index in [9.17, 15) is 22.8 Å². The molecular weight excluding hydrogens is 445 g/mol. The standard InChI is InChI=1S/C25H29F3N4O2/c1-14(2)11-25(4)12-22(33)32(24(29)31-25)13-16-5-18(9-19(26)6-16)23(34)30-15(3)17-7-20(27)10-21(28)8-17/h5-10,14-15H,11-13H2,1-4H3,(H2,29,31)(H,30,34)/t15-,25+/m0/s1. The average Bonchev–Trinajstić information content (AvgIpc) is 2.68. The Kier molecular flexibility index (Phi) is 7.33. The van der Waals surface area contributed by atoms with Gasteiger partial charge in [-0.05, 0) is 67.6 Å². The second-order valence-electron chi connectivity index (χ2n) is 9.47. The van der Waals surface area contributed by atoms with Gasteiger partial charge < -0.3 is 11.1 Å². The number of halogens is 3. The second kappa shape index (κ2) is 9.87. The molecule has 2 aromatic carbocycles. The highest BCUT2D eigenvalue weighted by atomic mass is 19.1. The number of benzene rings is 2. The monoisotopic (exact) mass is 474 g/mol. The van der Waals surface area contributed by atoms with E-state index in [-0.39, 0.29) is 36.0 Å². The number of carbonyl (C=O) groups excluding carboxylic acids is 2. The largest absolute Gasteiger partial charge is 0.369 e. The first kappa shape index (κ1) is 25.3. The molecule has 0 saturated heterocycles. The van der Waals surface area contributed by atoms with Gasteiger partial charge in [-0.2, -0.15) is 0 Å². The molecule has 0 unspecified atom stereocenters. The molecule has 1 heterocycles. The molecule has 1 aliphatic heterocycles. The van der Waals surface area contributed by atoms with Gasteiger partial charge in [0.05, 0.1) is 24.5 Å². The van der Waals surface area contributed by atoms with Crippen LogP contribution in [0.25, 0.3) is 0 Å². The van der Waals surface area contributed by atoms with E-state index in [1.165, 1.54) is 17.0 Å². The van der Waals surface area contributed by atoms with Crippen molar-refractivity contribution < 1.29 is 22.8 Å². The molecule has 9 heteroatoms. The molecule has 2 aromatic rings. The summed E-state index contributed by atoms with van der Waals surface area (Å²) in [4.78, 5) is 31.3. The molecule has 0 aliphatic carbocycles. The van der Waals surface area contributed by atoms with Gasteiger partial charge in [-0.1, -0.05) is 13.8 Å². The van der Waals surface area contributed by atoms with Crippen molar-refractivity contribution in [3.05, 3.63) is 70.5 Å². The molecule has 2 amide bonds. The quantitative estimate of drug-likeness (QED) is 0.622. The fourth-order valence-electron chi connectivity index (χ4n) is 4.34. The molecular formula is C25H29F3N4O2. The van der Waals surface area contributed by atoms with Crippen molar-refractivity contribution >= 4 is 17.8 Å². The Balaban J connectivity index is 1.78. The van der Waals surface area contributed by atoms with E-state index in [0.717, 1.165) is 24.3 Å². The molecule has 1 aliphatic rings. The Labute approximate surface area is 197 Å². The summed E-state index contributed by atoms with van der Waals surface area (Å²) in [5, 5.41) is 2.60. The summed E-state index contributed by atoms with van der Waals surface area (Å²) in [6.07, 6.45) is 0.876. The maximum absolute atomic E-state index is 14.3. The van der Waals surface area contributed by atoms with Crippen molar-refractivity contribution in [2.75, 3.05) is 0 Å². The second-order valence-corrected chi connectivity index (χ2v) is 9.47. The van der Waals surface area contributed by atoms with Crippen LogP contribution in [0.2, 0.25) is 0 Å². The fourth-order valence-corrected chi connectivity index (χ4v) is 4.34. The first-order chi connectivity index (χ1) is 15.8. The Bertz CT molecular complexity index is 1110. The zero-order valence-electron chi connectivity index (χ0n) is 19.7. The summed E-state index contributed by atoms with van der Waals surface area (Å²) in [6, 6.07) is 5.94. The molecule has 0 aromatic heterocycles. The first-order valence-electron chi connectivity index (χ1n) is 11.1. The Morgan fingerprint density at radius 3 is 2.29 bits per heavy atom. The van der Waals surface area contributed by atoms with Crippen LogP contribution in [0.3, 0.4) is 0 Å². The van der Waals surface area contributed by atoms with E-state index in [0.29, 0.717) is 17.9 Å². The molecule has 0 bridgehead atoms. The van der Waals surface area contributed by atoms with E-state index in [2.05, 4.69) is 10.3 Å². The van der Waals surface area contributed by atoms with Crippen LogP contribution in [-0.4, -0.2) is 28.2 Å². The number of guanidine groups is 1. The lowest BCUT2D eigenvalue weighted by Crippen LogP contribution is -2.50. The highest BCUT2D eigenvalue weighted by Crippen LogP contribution is 2.30. The van der Waals surface area contributed by atoms with Crippen LogP contribution < -0.4 is 11.1 Å². The normalized spacial score (nSPS) is 19.2. The highest BCUT2D eigenvalue weighted by Gasteiger charge is 2.36. The van der Waals surface area contributed by atoms with E-state index in [4.69, 9.17) is 5.73 Å². The summed E-state index contributed by atoms with van der Waals surface area (Å²) < 4.78 is 41.3. The SMILES string of the molecule is CC(C)C[C@]1(C)CC(=O)N(Cc2cc(F)cc(C(=O)N[C@@H](C)c3cc(F)cc(F)c3)c2)C(N)=N1. The van der Waals surface area contributed by atoms with Gasteiger partial charge in [-0.15, -0.1) is 0 Å². The lowest BCUT2D eigenvalue weighted by atomic mass is 9.87. The van der Waals surface area contributed by atoms with Crippen LogP contribution >= 0.6 is 0 Å². The lowest BCUT2D eigenvalue weighted by Gasteiger charge is -2.36. The number of rotatable bonds is 7. The van der Waals surface area contributed by atoms with Gasteiger partial charge in [-0.3, -0.25) is 14.5 Å². The predicted molar refractivity (Wildman–Crippen MR) is 123 cm³/mol. The molecule has 0 spiro atoms. The number of hydrogen-bond acceptors (Lipinski definition) is 4. The highest BCUT2D eigenvalue weighted by molar-refractivity contribution is 5.99. The van der Waals surface area contributed by atoms with Gasteiger partial charge in [0.1, 0.15) is 17.5 Å². The Morgan fingerprint density at radius 2 is 1.71 bits per heavy atom. The van der Waals surface area contributed by atoms with Crippen LogP contribution in [0, 0.1) is 23.4 Å². The van der Waals surface area contributed by atoms with Gasteiger partial charge in [0.15, 0.2) is 5.96 Å². The van der Waals surface area contributed by atoms with Crippen molar-refractivity contribution in [1.29, 1.82) is 0 Å². The number of amides is 2. The van der Waals surface area contributed by atoms with Crippen LogP contribution in [0.5, 0.6) is 0 Å². The first-order valence-corrected chi connectivity index (χ1v) is 11.1. The molecule has 6 nitrogen and oxygen atoms in total. The van der Waals surface area contributed by atoms with Gasteiger partial charge >= 0.3 is 0 Å². The van der Waals surface area contributed by atoms with Crippen molar-refractivity contribution in [3.8, 4) is 0 Å². The van der Waals surface area contributed by atoms with E-state index >= 15 is 0 Å². The number of hydrogen-bond donors (Lipinski definition) is 2. The minimum atomic E-state index is -0.765. The number of aliphatic imine (C=N–C) groups is 1. The van der Waals surface area contributed by atoms with Crippen molar-refractivity contribution in [3.63, 3.8) is 0 Å². The number of carbonyl (C=O) groups is 2. The molecule has 2 atom stereocenters. The van der Waals surface area contributed by atoms with Crippen LogP contribution in [0.1, 0.15) is 68.1 Å². The summed E-state index contributed by atoms with van der Waals surface area (Å²) in [6.45, 7) is 7.47. The summed E-state index contributed by atoms with van der Waals surface area (Å²) >= 11 is 0. The van der Waals surface area contributed by atoms with E-state index in [1.54, 1.807) is 6.92 Å². The molecule has 182 valence electrons. The molecule has 0 fully saturated rings. The maximum atomic E-state index is 14.3. The third-order valence-corrected chi connectivity index (χ3v) is 5.64. The van der Waals surface area contributed by atoms with Crippen molar-refractivity contribution in [1.82, 2.24) is 10.2 Å². The molecule has 0 saturated carbocycles. The van der Waals surface area contributed by atoms with Crippen molar-refractivity contribution in [2.45, 2.75) is 58.7 Å². The van der Waals surface area contributed by atoms with Crippen LogP contribution in [0.4, 0.5) is 13.2 Å². The van der Waals surface area contributed by atoms with Crippen molar-refractivity contribution in [2.24, 2.45) is 16.6 Å². The molecule has 3 rings (SSSR count). The number of nitrogens with zero attached hydrogens (tertiary/aromatic N) is 2. The zero-order chi connectivity index (χ0) is 25.2. The minimum Gasteiger partial charge on any atom is -0.369 e. The fraction of sp³-hybridized carbons (Fsp3) is 0.400. The minimum absolute atomic E-state index is 0.00309. The summed E-state index contributed by atoms with van der Waals surface area (Å²) in [7, 11) is 0. The Morgan fingerprint density at radius 1 is 1.09 bits per heavy atom. The van der Waals surface area contributed by atoms with Gasteiger partial charge in [-0.25, -0.2) is 18.2 Å². The number of nitrogens with two attached hydrogens (primary N) is 1. The maximum Gasteiger partial charge on any atom is 0.251 e. The molecule has 3 N–H and O–H groups in total. The third-order valence-electron chi connectivity index (χ3n) is 5.64. The smallest absolute Gasteiger partial charge is 0.251 e. The van der Waals surface area contributed by atoms with Gasteiger partial charge in [0.2, 0.25) is 5.91 Å². The van der Waals surface area contributed by atoms with Crippen LogP contribution in [-0.2, 0) is 11.3 Å². The van der Waals surface area contributed by atoms with E-state index in [1.807, 2.05) is 20.8 Å². The average molecular weight is 475 g/mol. The molecule has 0 radical (unpaired) electrons. The van der Waals surface area contributed by atoms with Gasteiger partial charge in [0.25, 0.3) is 5.91 Å². The predicted octanol–water partition coefficient (Wildman–Crippen LogP) is 4.45. The summed E-state index contributed by atoms with van der Waals surface area (Å²) in [5.74, 6) is -2.68. The summed E-state index contributed by atoms with van der Waals surface area (Å²) in [5.41, 5.74) is 6.08. The van der Waals surface area contributed by atoms with E-state index < -0.39 is 34.9 Å². The topological polar surface area (TPSA) is 87.8 Å². The third kappa shape index (κ3) is 6.15. The Hall–Kier alpha value is -3.36. The molecule has 34 heavy (non-hydrogen) atoms. The zero-order valence-corrected chi connectivity index (χ0v) is 19.7. The van der Waals surface area contributed by atoms with Crippen LogP contribution in [0.15, 0.2) is 41.4 Å².